The minimum absolute atomic E-state index is 0.336. The molecule has 3 aromatic rings. The van der Waals surface area contributed by atoms with E-state index in [0.29, 0.717) is 21.5 Å². The molecule has 0 atom stereocenters. The molecule has 0 bridgehead atoms. The summed E-state index contributed by atoms with van der Waals surface area (Å²) in [7, 11) is 1.60. The van der Waals surface area contributed by atoms with E-state index in [-0.39, 0.29) is 5.91 Å². The number of methoxy groups -OCH3 is 1. The van der Waals surface area contributed by atoms with Crippen LogP contribution in [0.3, 0.4) is 0 Å². The standard InChI is InChI=1S/C17H16N4O2S/c1-10-15(24-17(18)20-10)16(22)21-19-9-13-12-6-4-3-5-11(12)7-8-14(13)23-2/h3-9H,1-2H3,(H2,18,20)(H,21,22)/b19-9-. The van der Waals surface area contributed by atoms with Gasteiger partial charge in [0, 0.05) is 5.56 Å². The molecule has 0 aliphatic carbocycles. The molecule has 0 unspecified atom stereocenters. The number of carbonyl (C=O) groups excluding carboxylic acids is 1. The minimum atomic E-state index is -0.336. The van der Waals surface area contributed by atoms with Gasteiger partial charge in [-0.2, -0.15) is 5.10 Å². The second-order valence-corrected chi connectivity index (χ2v) is 6.10. The van der Waals surface area contributed by atoms with Gasteiger partial charge in [-0.3, -0.25) is 4.79 Å². The fourth-order valence-corrected chi connectivity index (χ4v) is 3.14. The zero-order valence-electron chi connectivity index (χ0n) is 13.2. The van der Waals surface area contributed by atoms with E-state index in [2.05, 4.69) is 15.5 Å². The number of nitrogens with zero attached hydrogens (tertiary/aromatic N) is 2. The lowest BCUT2D eigenvalue weighted by Crippen LogP contribution is -2.17. The van der Waals surface area contributed by atoms with Crippen molar-refractivity contribution in [1.29, 1.82) is 0 Å². The topological polar surface area (TPSA) is 89.6 Å². The number of hydrogen-bond donors (Lipinski definition) is 2. The smallest absolute Gasteiger partial charge is 0.283 e. The summed E-state index contributed by atoms with van der Waals surface area (Å²) in [5.41, 5.74) is 9.51. The molecule has 7 heteroatoms. The normalized spacial score (nSPS) is 11.1. The van der Waals surface area contributed by atoms with E-state index < -0.39 is 0 Å². The molecule has 122 valence electrons. The summed E-state index contributed by atoms with van der Waals surface area (Å²) in [5.74, 6) is 0.349. The maximum atomic E-state index is 12.1. The number of ether oxygens (including phenoxy) is 1. The minimum Gasteiger partial charge on any atom is -0.496 e. The third kappa shape index (κ3) is 3.07. The average Bonchev–Trinajstić information content (AvgIpc) is 2.93. The molecule has 0 radical (unpaired) electrons. The Morgan fingerprint density at radius 2 is 2.12 bits per heavy atom. The lowest BCUT2D eigenvalue weighted by Gasteiger charge is -2.08. The highest BCUT2D eigenvalue weighted by Crippen LogP contribution is 2.26. The summed E-state index contributed by atoms with van der Waals surface area (Å²) in [4.78, 5) is 16.6. The van der Waals surface area contributed by atoms with Gasteiger partial charge in [-0.25, -0.2) is 10.4 Å². The number of thiazole rings is 1. The lowest BCUT2D eigenvalue weighted by atomic mass is 10.0. The number of nitrogen functional groups attached to an aromatic ring is 1. The molecule has 0 spiro atoms. The van der Waals surface area contributed by atoms with E-state index in [4.69, 9.17) is 10.5 Å². The molecule has 2 aromatic carbocycles. The van der Waals surface area contributed by atoms with Gasteiger partial charge < -0.3 is 10.5 Å². The predicted molar refractivity (Wildman–Crippen MR) is 96.8 cm³/mol. The molecule has 0 saturated carbocycles. The van der Waals surface area contributed by atoms with Crippen LogP contribution in [-0.2, 0) is 0 Å². The van der Waals surface area contributed by atoms with Crippen LogP contribution in [-0.4, -0.2) is 24.2 Å². The highest BCUT2D eigenvalue weighted by molar-refractivity contribution is 7.17. The molecular weight excluding hydrogens is 324 g/mol. The highest BCUT2D eigenvalue weighted by Gasteiger charge is 2.13. The summed E-state index contributed by atoms with van der Waals surface area (Å²) in [6.07, 6.45) is 1.58. The van der Waals surface area contributed by atoms with Crippen molar-refractivity contribution in [2.45, 2.75) is 6.92 Å². The number of hydrogen-bond acceptors (Lipinski definition) is 6. The zero-order valence-corrected chi connectivity index (χ0v) is 14.1. The van der Waals surface area contributed by atoms with Crippen LogP contribution in [0.25, 0.3) is 10.8 Å². The summed E-state index contributed by atoms with van der Waals surface area (Å²) < 4.78 is 5.39. The number of nitrogens with two attached hydrogens (primary N) is 1. The van der Waals surface area contributed by atoms with Gasteiger partial charge in [0.15, 0.2) is 5.13 Å². The Bertz CT molecular complexity index is 933. The molecule has 6 nitrogen and oxygen atoms in total. The third-order valence-electron chi connectivity index (χ3n) is 3.53. The molecule has 1 aromatic heterocycles. The Hall–Kier alpha value is -2.93. The van der Waals surface area contributed by atoms with Gasteiger partial charge in [0.25, 0.3) is 5.91 Å². The van der Waals surface area contributed by atoms with Crippen molar-refractivity contribution in [3.05, 3.63) is 52.5 Å². The Kier molecular flexibility index (Phi) is 4.43. The zero-order chi connectivity index (χ0) is 17.1. The van der Waals surface area contributed by atoms with Gasteiger partial charge >= 0.3 is 0 Å². The molecule has 24 heavy (non-hydrogen) atoms. The molecule has 3 N–H and O–H groups in total. The first-order valence-electron chi connectivity index (χ1n) is 7.22. The molecule has 0 fully saturated rings. The Morgan fingerprint density at radius 1 is 1.33 bits per heavy atom. The number of aromatic nitrogens is 1. The number of aryl methyl sites for hydroxylation is 1. The number of anilines is 1. The van der Waals surface area contributed by atoms with Crippen molar-refractivity contribution >= 4 is 39.4 Å². The molecule has 0 aliphatic heterocycles. The van der Waals surface area contributed by atoms with Crippen LogP contribution in [0.1, 0.15) is 20.9 Å². The predicted octanol–water partition coefficient (Wildman–Crippen LogP) is 2.96. The number of benzene rings is 2. The van der Waals surface area contributed by atoms with E-state index in [1.165, 1.54) is 0 Å². The number of rotatable bonds is 4. The summed E-state index contributed by atoms with van der Waals surface area (Å²) in [6, 6.07) is 11.8. The van der Waals surface area contributed by atoms with E-state index >= 15 is 0 Å². The van der Waals surface area contributed by atoms with E-state index in [0.717, 1.165) is 27.7 Å². The third-order valence-corrected chi connectivity index (χ3v) is 4.52. The van der Waals surface area contributed by atoms with E-state index in [1.807, 2.05) is 36.4 Å². The number of nitrogens with one attached hydrogen (secondary N) is 1. The number of carbonyl (C=O) groups is 1. The molecule has 0 aliphatic rings. The Morgan fingerprint density at radius 3 is 2.83 bits per heavy atom. The second kappa shape index (κ2) is 6.67. The number of fused-ring (bicyclic) bond motifs is 1. The van der Waals surface area contributed by atoms with E-state index in [1.54, 1.807) is 20.2 Å². The van der Waals surface area contributed by atoms with Crippen molar-refractivity contribution in [2.75, 3.05) is 12.8 Å². The van der Waals surface area contributed by atoms with Crippen LogP contribution in [0.2, 0.25) is 0 Å². The largest absolute Gasteiger partial charge is 0.496 e. The molecular formula is C17H16N4O2S. The van der Waals surface area contributed by atoms with Crippen LogP contribution < -0.4 is 15.9 Å². The maximum Gasteiger partial charge on any atom is 0.283 e. The van der Waals surface area contributed by atoms with Crippen molar-refractivity contribution in [2.24, 2.45) is 5.10 Å². The summed E-state index contributed by atoms with van der Waals surface area (Å²) in [6.45, 7) is 1.74. The molecule has 1 amide bonds. The van der Waals surface area contributed by atoms with Crippen LogP contribution in [0, 0.1) is 6.92 Å². The van der Waals surface area contributed by atoms with Crippen LogP contribution in [0.15, 0.2) is 41.5 Å². The van der Waals surface area contributed by atoms with Gasteiger partial charge in [0.05, 0.1) is 19.0 Å². The summed E-state index contributed by atoms with van der Waals surface area (Å²) >= 11 is 1.13. The SMILES string of the molecule is COc1ccc2ccccc2c1/C=N\NC(=O)c1sc(N)nc1C. The van der Waals surface area contributed by atoms with Crippen LogP contribution >= 0.6 is 11.3 Å². The van der Waals surface area contributed by atoms with Crippen molar-refractivity contribution < 1.29 is 9.53 Å². The second-order valence-electron chi connectivity index (χ2n) is 5.07. The van der Waals surface area contributed by atoms with Gasteiger partial charge in [-0.05, 0) is 23.8 Å². The average molecular weight is 340 g/mol. The fraction of sp³-hybridized carbons (Fsp3) is 0.118. The quantitative estimate of drug-likeness (QED) is 0.564. The molecule has 1 heterocycles. The van der Waals surface area contributed by atoms with Gasteiger partial charge in [0.1, 0.15) is 10.6 Å². The first-order valence-corrected chi connectivity index (χ1v) is 8.04. The van der Waals surface area contributed by atoms with Crippen molar-refractivity contribution in [3.8, 4) is 5.75 Å². The van der Waals surface area contributed by atoms with Gasteiger partial charge in [0.2, 0.25) is 0 Å². The molecule has 3 rings (SSSR count). The number of amides is 1. The monoisotopic (exact) mass is 340 g/mol. The van der Waals surface area contributed by atoms with Gasteiger partial charge in [-0.15, -0.1) is 0 Å². The lowest BCUT2D eigenvalue weighted by molar-refractivity contribution is 0.0958. The maximum absolute atomic E-state index is 12.1. The van der Waals surface area contributed by atoms with Crippen LogP contribution in [0.5, 0.6) is 5.75 Å². The Labute approximate surface area is 143 Å². The van der Waals surface area contributed by atoms with Crippen molar-refractivity contribution in [1.82, 2.24) is 10.4 Å². The van der Waals surface area contributed by atoms with Crippen molar-refractivity contribution in [3.63, 3.8) is 0 Å². The fourth-order valence-electron chi connectivity index (χ4n) is 2.42. The van der Waals surface area contributed by atoms with E-state index in [9.17, 15) is 4.79 Å². The van der Waals surface area contributed by atoms with Gasteiger partial charge in [-0.1, -0.05) is 41.7 Å². The molecule has 0 saturated heterocycles. The van der Waals surface area contributed by atoms with Crippen LogP contribution in [0.4, 0.5) is 5.13 Å². The number of hydrazone groups is 1. The summed E-state index contributed by atoms with van der Waals surface area (Å²) in [5, 5.41) is 6.48. The first-order chi connectivity index (χ1) is 11.6. The highest BCUT2D eigenvalue weighted by atomic mass is 32.1. The first kappa shape index (κ1) is 15.9. The Balaban J connectivity index is 1.88.